The van der Waals surface area contributed by atoms with E-state index in [1.807, 2.05) is 13.0 Å². The first-order chi connectivity index (χ1) is 27.0. The van der Waals surface area contributed by atoms with Gasteiger partial charge in [-0.2, -0.15) is 13.2 Å². The Morgan fingerprint density at radius 2 is 1.71 bits per heavy atom. The lowest BCUT2D eigenvalue weighted by Gasteiger charge is -2.34. The third-order valence-electron chi connectivity index (χ3n) is 11.5. The first kappa shape index (κ1) is 42.9. The van der Waals surface area contributed by atoms with Crippen molar-refractivity contribution >= 4 is 44.6 Å². The quantitative estimate of drug-likeness (QED) is 0.324. The van der Waals surface area contributed by atoms with Crippen molar-refractivity contribution in [3.63, 3.8) is 0 Å². The number of hydrogen-bond donors (Lipinski definition) is 3. The fourth-order valence-corrected chi connectivity index (χ4v) is 9.08. The molecular formula is C39H51F3N6O9S. The molecule has 2 aromatic rings. The van der Waals surface area contributed by atoms with Crippen molar-refractivity contribution in [3.8, 4) is 5.88 Å². The number of amides is 4. The van der Waals surface area contributed by atoms with Gasteiger partial charge in [0.2, 0.25) is 33.3 Å². The lowest BCUT2D eigenvalue weighted by Crippen LogP contribution is -2.59. The van der Waals surface area contributed by atoms with Crippen molar-refractivity contribution in [3.05, 3.63) is 46.8 Å². The molecule has 3 N–H and O–H groups in total. The summed E-state index contributed by atoms with van der Waals surface area (Å²) in [6, 6.07) is 3.44. The van der Waals surface area contributed by atoms with Crippen LogP contribution < -0.4 is 25.7 Å². The van der Waals surface area contributed by atoms with E-state index in [9.17, 15) is 45.6 Å². The number of hydrogen-bond acceptors (Lipinski definition) is 10. The van der Waals surface area contributed by atoms with Gasteiger partial charge < -0.3 is 25.0 Å². The predicted molar refractivity (Wildman–Crippen MR) is 205 cm³/mol. The summed E-state index contributed by atoms with van der Waals surface area (Å²) >= 11 is 0. The first-order valence-corrected chi connectivity index (χ1v) is 21.2. The summed E-state index contributed by atoms with van der Waals surface area (Å²) in [5.74, 6) is -3.76. The lowest BCUT2D eigenvalue weighted by molar-refractivity contribution is -0.244. The van der Waals surface area contributed by atoms with Crippen molar-refractivity contribution in [2.75, 3.05) is 6.54 Å². The minimum absolute atomic E-state index is 0.0489. The van der Waals surface area contributed by atoms with E-state index in [4.69, 9.17) is 9.47 Å². The Labute approximate surface area is 334 Å². The number of sulfonamides is 1. The van der Waals surface area contributed by atoms with Crippen LogP contribution in [0, 0.1) is 17.8 Å². The monoisotopic (exact) mass is 836 g/mol. The number of allylic oxidation sites excluding steroid dienone is 1. The second-order valence-electron chi connectivity index (χ2n) is 17.0. The molecule has 3 heterocycles. The smallest absolute Gasteiger partial charge is 0.427 e. The molecular weight excluding hydrogens is 786 g/mol. The Morgan fingerprint density at radius 3 is 2.34 bits per heavy atom. The van der Waals surface area contributed by atoms with Gasteiger partial charge in [-0.05, 0) is 90.2 Å². The molecule has 3 fully saturated rings. The summed E-state index contributed by atoms with van der Waals surface area (Å²) in [7, 11) is -4.00. The molecule has 0 unspecified atom stereocenters. The van der Waals surface area contributed by atoms with Crippen molar-refractivity contribution in [1.29, 1.82) is 0 Å². The van der Waals surface area contributed by atoms with Gasteiger partial charge in [-0.15, -0.1) is 5.10 Å². The zero-order valence-corrected chi connectivity index (χ0v) is 34.1. The maximum absolute atomic E-state index is 14.8. The number of halogens is 3. The van der Waals surface area contributed by atoms with Gasteiger partial charge in [0.05, 0.1) is 28.6 Å². The van der Waals surface area contributed by atoms with E-state index < -0.39 is 86.4 Å². The van der Waals surface area contributed by atoms with Crippen molar-refractivity contribution in [2.24, 2.45) is 17.8 Å². The Morgan fingerprint density at radius 1 is 1.03 bits per heavy atom. The van der Waals surface area contributed by atoms with Crippen LogP contribution in [0.15, 0.2) is 41.2 Å². The molecule has 1 aromatic carbocycles. The van der Waals surface area contributed by atoms with E-state index >= 15 is 0 Å². The Balaban J connectivity index is 1.38. The standard InChI is InChI=1S/C39H51F3N6O9S/c1-21(2)48-33(50)28-14-10-9-13-27(28)32(45-48)56-25-18-29-31(49)44-38(35(52)46-58(54,55)26-15-16-26)19-24(38)12-8-7-11-22(3)17-23(4)30(34(51)47(29)20-25)43-36(53)57-37(5,6)39(40,41)42/h8-10,12-14,21-26,29-30H,7,11,15-20H2,1-6H3,(H,43,53)(H,44,49)(H,46,52)/b12-8-/t22-,23+,24+,25+,29-,30-,38+/m0/s1. The minimum atomic E-state index is -4.93. The second-order valence-corrected chi connectivity index (χ2v) is 18.9. The normalized spacial score (nSPS) is 29.0. The van der Waals surface area contributed by atoms with Crippen molar-refractivity contribution in [2.45, 2.75) is 133 Å². The highest BCUT2D eigenvalue weighted by atomic mass is 32.2. The van der Waals surface area contributed by atoms with Crippen molar-refractivity contribution < 1.29 is 50.2 Å². The summed E-state index contributed by atoms with van der Waals surface area (Å²) < 4.78 is 81.6. The highest BCUT2D eigenvalue weighted by Gasteiger charge is 2.62. The number of alkyl carbamates (subject to hydrolysis) is 1. The van der Waals surface area contributed by atoms with E-state index in [1.165, 1.54) is 4.68 Å². The molecule has 2 saturated carbocycles. The summed E-state index contributed by atoms with van der Waals surface area (Å²) in [5.41, 5.74) is -4.91. The van der Waals surface area contributed by atoms with Crippen molar-refractivity contribution in [1.82, 2.24) is 30.0 Å². The molecule has 58 heavy (non-hydrogen) atoms. The fraction of sp³-hybridized carbons (Fsp3) is 0.641. The average molecular weight is 837 g/mol. The van der Waals surface area contributed by atoms with Gasteiger partial charge >= 0.3 is 12.3 Å². The molecule has 1 saturated heterocycles. The molecule has 4 amide bonds. The van der Waals surface area contributed by atoms with E-state index in [0.29, 0.717) is 56.7 Å². The molecule has 15 nitrogen and oxygen atoms in total. The van der Waals surface area contributed by atoms with Crippen LogP contribution >= 0.6 is 0 Å². The predicted octanol–water partition coefficient (Wildman–Crippen LogP) is 4.26. The molecule has 0 radical (unpaired) electrons. The highest BCUT2D eigenvalue weighted by Crippen LogP contribution is 2.46. The van der Waals surface area contributed by atoms with Crippen LogP contribution in [-0.4, -0.2) is 94.2 Å². The van der Waals surface area contributed by atoms with Gasteiger partial charge in [0, 0.05) is 12.3 Å². The molecule has 6 rings (SSSR count). The number of fused-ring (bicyclic) bond motifs is 3. The molecule has 318 valence electrons. The van der Waals surface area contributed by atoms with Crippen LogP contribution in [0.2, 0.25) is 0 Å². The van der Waals surface area contributed by atoms with E-state index in [0.717, 1.165) is 4.90 Å². The number of ether oxygens (including phenoxy) is 2. The van der Waals surface area contributed by atoms with Gasteiger partial charge in [0.25, 0.3) is 11.5 Å². The van der Waals surface area contributed by atoms with Crippen LogP contribution in [0.25, 0.3) is 10.8 Å². The zero-order chi connectivity index (χ0) is 42.5. The largest absolute Gasteiger partial charge is 0.471 e. The fourth-order valence-electron chi connectivity index (χ4n) is 7.72. The Bertz CT molecular complexity index is 2150. The first-order valence-electron chi connectivity index (χ1n) is 19.6. The van der Waals surface area contributed by atoms with Gasteiger partial charge in [-0.3, -0.25) is 23.9 Å². The number of benzene rings is 1. The van der Waals surface area contributed by atoms with Crippen LogP contribution in [0.4, 0.5) is 18.0 Å². The van der Waals surface area contributed by atoms with Gasteiger partial charge in [-0.1, -0.05) is 38.1 Å². The SMILES string of the molecule is CC(C)n1nc(O[C@@H]2C[C@H]3C(=O)N[C@]4(C(=O)NS(=O)(=O)C5CC5)C[C@H]4/C=C\CC[C@H](C)C[C@@H](C)[C@H](NC(=O)OC(C)(C)C(F)(F)F)C(=O)N3C2)c2ccccc2c1=O. The van der Waals surface area contributed by atoms with Gasteiger partial charge in [0.15, 0.2) is 0 Å². The molecule has 2 aliphatic carbocycles. The number of nitrogens with one attached hydrogen (secondary N) is 3. The van der Waals surface area contributed by atoms with Crippen LogP contribution in [0.1, 0.15) is 92.5 Å². The summed E-state index contributed by atoms with van der Waals surface area (Å²) in [6.07, 6.45) is -1.55. The third kappa shape index (κ3) is 8.83. The molecule has 4 aliphatic rings. The summed E-state index contributed by atoms with van der Waals surface area (Å²) in [4.78, 5) is 70.6. The minimum Gasteiger partial charge on any atom is -0.471 e. The molecule has 0 spiro atoms. The van der Waals surface area contributed by atoms with E-state index in [-0.39, 0.29) is 42.8 Å². The van der Waals surface area contributed by atoms with Crippen LogP contribution in [0.3, 0.4) is 0 Å². The summed E-state index contributed by atoms with van der Waals surface area (Å²) in [6.45, 7) is 8.21. The molecule has 7 atom stereocenters. The lowest BCUT2D eigenvalue weighted by atomic mass is 9.88. The molecule has 19 heteroatoms. The van der Waals surface area contributed by atoms with Gasteiger partial charge in [-0.25, -0.2) is 17.9 Å². The van der Waals surface area contributed by atoms with Crippen LogP contribution in [0.5, 0.6) is 5.88 Å². The number of carbonyl (C=O) groups is 4. The Hall–Kier alpha value is -4.68. The topological polar surface area (TPSA) is 195 Å². The maximum Gasteiger partial charge on any atom is 0.427 e. The second kappa shape index (κ2) is 15.8. The average Bonchev–Trinajstić information content (AvgIpc) is 4.06. The van der Waals surface area contributed by atoms with Crippen LogP contribution in [-0.2, 0) is 29.1 Å². The number of rotatable bonds is 8. The number of aromatic nitrogens is 2. The number of carbonyl (C=O) groups excluding carboxylic acids is 4. The van der Waals surface area contributed by atoms with E-state index in [1.54, 1.807) is 51.1 Å². The third-order valence-corrected chi connectivity index (χ3v) is 13.3. The Kier molecular flexibility index (Phi) is 11.7. The molecule has 1 aromatic heterocycles. The molecule has 0 bridgehead atoms. The maximum atomic E-state index is 14.8. The van der Waals surface area contributed by atoms with Gasteiger partial charge in [0.1, 0.15) is 23.7 Å². The summed E-state index contributed by atoms with van der Waals surface area (Å²) in [5, 5.41) is 9.58. The molecule has 2 aliphatic heterocycles. The number of nitrogens with zero attached hydrogens (tertiary/aromatic N) is 3. The van der Waals surface area contributed by atoms with E-state index in [2.05, 4.69) is 20.5 Å². The number of alkyl halides is 3. The highest BCUT2D eigenvalue weighted by molar-refractivity contribution is 7.91. The zero-order valence-electron chi connectivity index (χ0n) is 33.3.